The molecule has 0 saturated carbocycles. The Kier molecular flexibility index (Phi) is 2.64. The Balaban J connectivity index is 2.85. The molecule has 1 aromatic rings. The van der Waals surface area contributed by atoms with E-state index in [2.05, 4.69) is 28.0 Å². The Morgan fingerprint density at radius 3 is 2.90 bits per heavy atom. The number of nitrogens with one attached hydrogen (secondary N) is 1. The lowest BCUT2D eigenvalue weighted by Gasteiger charge is -1.91. The molecule has 0 atom stereocenters. The molecule has 0 aromatic carbocycles. The van der Waals surface area contributed by atoms with Crippen LogP contribution in [0.3, 0.4) is 0 Å². The summed E-state index contributed by atoms with van der Waals surface area (Å²) in [5.41, 5.74) is 2.68. The average molecular weight is 268 g/mol. The molecule has 0 fully saturated rings. The van der Waals surface area contributed by atoms with Gasteiger partial charge in [-0.2, -0.15) is 0 Å². The maximum absolute atomic E-state index is 10.8. The molecule has 0 aliphatic heterocycles. The highest BCUT2D eigenvalue weighted by molar-refractivity contribution is 14.1. The smallest absolute Gasteiger partial charge is 0.266 e. The number of nitrogens with two attached hydrogens (primary N) is 1. The van der Waals surface area contributed by atoms with Gasteiger partial charge in [-0.1, -0.05) is 0 Å². The molecule has 1 aromatic heterocycles. The number of amides is 1. The largest absolute Gasteiger partial charge is 0.290 e. The molecule has 10 heavy (non-hydrogen) atoms. The zero-order valence-electron chi connectivity index (χ0n) is 4.93. The Morgan fingerprint density at radius 2 is 2.50 bits per heavy atom. The van der Waals surface area contributed by atoms with Crippen LogP contribution in [0.5, 0.6) is 0 Å². The monoisotopic (exact) mass is 268 g/mol. The molecular weight excluding hydrogens is 263 g/mol. The standard InChI is InChI=1S/C5H5IN2OS/c6-4-1-3(2-10-4)5(9)8-7/h1-2H,7H2,(H,8,9). The van der Waals surface area contributed by atoms with Gasteiger partial charge in [-0.15, -0.1) is 11.3 Å². The predicted octanol–water partition coefficient (Wildman–Crippen LogP) is 0.956. The van der Waals surface area contributed by atoms with Crippen LogP contribution in [0.2, 0.25) is 0 Å². The zero-order valence-corrected chi connectivity index (χ0v) is 7.90. The summed E-state index contributed by atoms with van der Waals surface area (Å²) in [7, 11) is 0. The SMILES string of the molecule is NNC(=O)c1csc(I)c1. The van der Waals surface area contributed by atoms with E-state index < -0.39 is 0 Å². The van der Waals surface area contributed by atoms with Crippen LogP contribution in [0, 0.1) is 2.88 Å². The first kappa shape index (κ1) is 7.96. The third-order valence-electron chi connectivity index (χ3n) is 0.961. The highest BCUT2D eigenvalue weighted by Crippen LogP contribution is 2.15. The van der Waals surface area contributed by atoms with Gasteiger partial charge in [0.05, 0.1) is 8.45 Å². The van der Waals surface area contributed by atoms with Crippen molar-refractivity contribution in [1.29, 1.82) is 0 Å². The van der Waals surface area contributed by atoms with Crippen LogP contribution in [0.15, 0.2) is 11.4 Å². The Hall–Kier alpha value is -0.140. The number of hydrazine groups is 1. The molecule has 0 bridgehead atoms. The second-order valence-corrected chi connectivity index (χ2v) is 4.42. The third-order valence-corrected chi connectivity index (χ3v) is 2.75. The van der Waals surface area contributed by atoms with Gasteiger partial charge in [-0.05, 0) is 28.7 Å². The molecule has 0 saturated heterocycles. The molecule has 0 unspecified atom stereocenters. The van der Waals surface area contributed by atoms with Crippen molar-refractivity contribution < 1.29 is 4.79 Å². The highest BCUT2D eigenvalue weighted by atomic mass is 127. The molecule has 0 aliphatic carbocycles. The van der Waals surface area contributed by atoms with E-state index in [1.54, 1.807) is 11.4 Å². The van der Waals surface area contributed by atoms with Gasteiger partial charge in [0, 0.05) is 5.38 Å². The maximum Gasteiger partial charge on any atom is 0.266 e. The third kappa shape index (κ3) is 1.68. The number of halogens is 1. The van der Waals surface area contributed by atoms with Gasteiger partial charge in [0.25, 0.3) is 5.91 Å². The van der Waals surface area contributed by atoms with Crippen molar-refractivity contribution in [2.24, 2.45) is 5.84 Å². The number of carbonyl (C=O) groups is 1. The van der Waals surface area contributed by atoms with Gasteiger partial charge < -0.3 is 0 Å². The van der Waals surface area contributed by atoms with Gasteiger partial charge in [0.15, 0.2) is 0 Å². The van der Waals surface area contributed by atoms with E-state index in [9.17, 15) is 4.79 Å². The van der Waals surface area contributed by atoms with E-state index in [0.717, 1.165) is 2.88 Å². The maximum atomic E-state index is 10.8. The summed E-state index contributed by atoms with van der Waals surface area (Å²) < 4.78 is 1.08. The van der Waals surface area contributed by atoms with Crippen molar-refractivity contribution in [3.63, 3.8) is 0 Å². The van der Waals surface area contributed by atoms with Crippen LogP contribution in [0.1, 0.15) is 10.4 Å². The van der Waals surface area contributed by atoms with E-state index in [1.165, 1.54) is 11.3 Å². The zero-order chi connectivity index (χ0) is 7.56. The summed E-state index contributed by atoms with van der Waals surface area (Å²) in [6, 6.07) is 1.79. The fraction of sp³-hybridized carbons (Fsp3) is 0. The first-order valence-corrected chi connectivity index (χ1v) is 4.45. The minimum absolute atomic E-state index is 0.237. The lowest BCUT2D eigenvalue weighted by atomic mass is 10.3. The molecule has 1 amide bonds. The van der Waals surface area contributed by atoms with E-state index >= 15 is 0 Å². The van der Waals surface area contributed by atoms with Crippen molar-refractivity contribution in [3.8, 4) is 0 Å². The molecule has 54 valence electrons. The van der Waals surface area contributed by atoms with Gasteiger partial charge in [-0.25, -0.2) is 5.84 Å². The summed E-state index contributed by atoms with van der Waals surface area (Å²) in [5, 5.41) is 1.77. The number of hydrogen-bond donors (Lipinski definition) is 2. The van der Waals surface area contributed by atoms with Crippen LogP contribution >= 0.6 is 33.9 Å². The summed E-state index contributed by atoms with van der Waals surface area (Å²) >= 11 is 3.67. The molecular formula is C5H5IN2OS. The summed E-state index contributed by atoms with van der Waals surface area (Å²) in [5.74, 6) is 4.68. The molecule has 1 rings (SSSR count). The van der Waals surface area contributed by atoms with Gasteiger partial charge in [0.1, 0.15) is 0 Å². The fourth-order valence-corrected chi connectivity index (χ4v) is 1.84. The quantitative estimate of drug-likeness (QED) is 0.345. The minimum atomic E-state index is -0.237. The normalized spacial score (nSPS) is 9.40. The van der Waals surface area contributed by atoms with Gasteiger partial charge in [0.2, 0.25) is 0 Å². The van der Waals surface area contributed by atoms with Crippen molar-refractivity contribution in [3.05, 3.63) is 19.9 Å². The molecule has 1 heterocycles. The van der Waals surface area contributed by atoms with Crippen molar-refractivity contribution in [1.82, 2.24) is 5.43 Å². The molecule has 0 spiro atoms. The van der Waals surface area contributed by atoms with Crippen LogP contribution in [-0.4, -0.2) is 5.91 Å². The van der Waals surface area contributed by atoms with Crippen LogP contribution in [0.4, 0.5) is 0 Å². The van der Waals surface area contributed by atoms with Crippen LogP contribution in [0.25, 0.3) is 0 Å². The van der Waals surface area contributed by atoms with Gasteiger partial charge >= 0.3 is 0 Å². The second kappa shape index (κ2) is 3.31. The Morgan fingerprint density at radius 1 is 1.80 bits per heavy atom. The number of rotatable bonds is 1. The van der Waals surface area contributed by atoms with Crippen LogP contribution < -0.4 is 11.3 Å². The Bertz CT molecular complexity index is 248. The molecule has 0 aliphatic rings. The number of carbonyl (C=O) groups excluding carboxylic acids is 1. The number of thiophene rings is 1. The summed E-state index contributed by atoms with van der Waals surface area (Å²) in [4.78, 5) is 10.8. The lowest BCUT2D eigenvalue weighted by molar-refractivity contribution is 0.0954. The fourth-order valence-electron chi connectivity index (χ4n) is 0.512. The highest BCUT2D eigenvalue weighted by Gasteiger charge is 2.03. The number of hydrogen-bond acceptors (Lipinski definition) is 3. The van der Waals surface area contributed by atoms with E-state index in [0.29, 0.717) is 5.56 Å². The van der Waals surface area contributed by atoms with Crippen molar-refractivity contribution in [2.45, 2.75) is 0 Å². The Labute approximate surface area is 75.7 Å². The van der Waals surface area contributed by atoms with Crippen molar-refractivity contribution in [2.75, 3.05) is 0 Å². The van der Waals surface area contributed by atoms with Crippen LogP contribution in [-0.2, 0) is 0 Å². The van der Waals surface area contributed by atoms with E-state index in [-0.39, 0.29) is 5.91 Å². The van der Waals surface area contributed by atoms with Gasteiger partial charge in [-0.3, -0.25) is 10.2 Å². The minimum Gasteiger partial charge on any atom is -0.290 e. The van der Waals surface area contributed by atoms with E-state index in [4.69, 9.17) is 5.84 Å². The molecule has 5 heteroatoms. The first-order chi connectivity index (χ1) is 4.74. The molecule has 3 N–H and O–H groups in total. The topological polar surface area (TPSA) is 55.1 Å². The molecule has 0 radical (unpaired) electrons. The predicted molar refractivity (Wildman–Crippen MR) is 48.7 cm³/mol. The average Bonchev–Trinajstić information content (AvgIpc) is 2.34. The second-order valence-electron chi connectivity index (χ2n) is 1.61. The summed E-state index contributed by atoms with van der Waals surface area (Å²) in [6.07, 6.45) is 0. The lowest BCUT2D eigenvalue weighted by Crippen LogP contribution is -2.29. The van der Waals surface area contributed by atoms with E-state index in [1.807, 2.05) is 0 Å². The first-order valence-electron chi connectivity index (χ1n) is 2.49. The van der Waals surface area contributed by atoms with Crippen molar-refractivity contribution >= 4 is 39.8 Å². The number of nitrogen functional groups attached to an aromatic ring is 1. The molecule has 3 nitrogen and oxygen atoms in total. The summed E-state index contributed by atoms with van der Waals surface area (Å²) in [6.45, 7) is 0.